The van der Waals surface area contributed by atoms with Gasteiger partial charge < -0.3 is 14.8 Å². The maximum atomic E-state index is 5.79. The zero-order valence-electron chi connectivity index (χ0n) is 9.12. The van der Waals surface area contributed by atoms with Crippen molar-refractivity contribution >= 4 is 11.6 Å². The van der Waals surface area contributed by atoms with E-state index >= 15 is 0 Å². The number of hydrogen-bond donors (Lipinski definition) is 1. The molecule has 1 aliphatic rings. The highest BCUT2D eigenvalue weighted by molar-refractivity contribution is 6.30. The van der Waals surface area contributed by atoms with E-state index in [2.05, 4.69) is 5.32 Å². The van der Waals surface area contributed by atoms with Crippen LogP contribution in [-0.4, -0.2) is 32.4 Å². The average molecular weight is 242 g/mol. The van der Waals surface area contributed by atoms with Gasteiger partial charge in [-0.25, -0.2) is 0 Å². The van der Waals surface area contributed by atoms with Gasteiger partial charge in [0.15, 0.2) is 0 Å². The van der Waals surface area contributed by atoms with Crippen molar-refractivity contribution in [1.82, 2.24) is 5.32 Å². The molecule has 2 rings (SSSR count). The lowest BCUT2D eigenvalue weighted by molar-refractivity contribution is 0.0691. The third-order valence-corrected chi connectivity index (χ3v) is 2.80. The smallest absolute Gasteiger partial charge is 0.119 e. The molecule has 88 valence electrons. The summed E-state index contributed by atoms with van der Waals surface area (Å²) in [6.45, 7) is 3.23. The van der Waals surface area contributed by atoms with Crippen molar-refractivity contribution in [3.05, 3.63) is 29.3 Å². The van der Waals surface area contributed by atoms with Gasteiger partial charge in [-0.2, -0.15) is 0 Å². The lowest BCUT2D eigenvalue weighted by Crippen LogP contribution is -2.41. The Morgan fingerprint density at radius 3 is 2.88 bits per heavy atom. The van der Waals surface area contributed by atoms with Gasteiger partial charge in [0, 0.05) is 17.6 Å². The molecule has 0 saturated carbocycles. The first-order valence-electron chi connectivity index (χ1n) is 5.54. The highest BCUT2D eigenvalue weighted by Crippen LogP contribution is 2.15. The summed E-state index contributed by atoms with van der Waals surface area (Å²) in [4.78, 5) is 0. The van der Waals surface area contributed by atoms with Crippen LogP contribution in [0.25, 0.3) is 0 Å². The van der Waals surface area contributed by atoms with E-state index in [0.717, 1.165) is 37.0 Å². The first kappa shape index (κ1) is 11.7. The number of benzene rings is 1. The van der Waals surface area contributed by atoms with E-state index in [-0.39, 0.29) is 0 Å². The minimum Gasteiger partial charge on any atom is -0.494 e. The quantitative estimate of drug-likeness (QED) is 0.876. The second-order valence-electron chi connectivity index (χ2n) is 3.82. The third kappa shape index (κ3) is 3.67. The van der Waals surface area contributed by atoms with Crippen LogP contribution in [0.1, 0.15) is 6.42 Å². The average Bonchev–Trinajstić information content (AvgIpc) is 2.33. The normalized spacial score (nSPS) is 20.7. The van der Waals surface area contributed by atoms with Gasteiger partial charge in [-0.05, 0) is 30.7 Å². The Bertz CT molecular complexity index is 309. The molecule has 3 nitrogen and oxygen atoms in total. The van der Waals surface area contributed by atoms with Crippen LogP contribution in [0.3, 0.4) is 0 Å². The Labute approximate surface area is 101 Å². The highest BCUT2D eigenvalue weighted by atomic mass is 35.5. The Morgan fingerprint density at radius 1 is 1.38 bits per heavy atom. The number of morpholine rings is 1. The van der Waals surface area contributed by atoms with Crippen LogP contribution < -0.4 is 10.1 Å². The van der Waals surface area contributed by atoms with Crippen LogP contribution >= 0.6 is 11.6 Å². The Kier molecular flexibility index (Phi) is 4.45. The van der Waals surface area contributed by atoms with Crippen molar-refractivity contribution in [3.63, 3.8) is 0 Å². The molecule has 0 amide bonds. The lowest BCUT2D eigenvalue weighted by Gasteiger charge is -2.23. The first-order chi connectivity index (χ1) is 7.84. The van der Waals surface area contributed by atoms with E-state index in [1.54, 1.807) is 0 Å². The van der Waals surface area contributed by atoms with E-state index in [1.165, 1.54) is 0 Å². The zero-order valence-corrected chi connectivity index (χ0v) is 9.87. The minimum atomic E-state index is 0.418. The molecule has 1 aromatic rings. The van der Waals surface area contributed by atoms with Crippen LogP contribution in [0.15, 0.2) is 24.3 Å². The lowest BCUT2D eigenvalue weighted by atomic mass is 10.2. The fourth-order valence-corrected chi connectivity index (χ4v) is 1.78. The molecule has 0 aromatic heterocycles. The number of hydrogen-bond acceptors (Lipinski definition) is 3. The van der Waals surface area contributed by atoms with Crippen LogP contribution in [-0.2, 0) is 4.74 Å². The standard InChI is InChI=1S/C12H16ClNO2/c13-10-1-3-12(4-2-10)16-7-5-11-9-15-8-6-14-11/h1-4,11,14H,5-9H2. The molecular formula is C12H16ClNO2. The molecule has 16 heavy (non-hydrogen) atoms. The van der Waals surface area contributed by atoms with Gasteiger partial charge in [-0.15, -0.1) is 0 Å². The monoisotopic (exact) mass is 241 g/mol. The Hall–Kier alpha value is -0.770. The molecule has 0 bridgehead atoms. The molecule has 4 heteroatoms. The van der Waals surface area contributed by atoms with Crippen molar-refractivity contribution in [2.75, 3.05) is 26.4 Å². The molecule has 1 aromatic carbocycles. The fourth-order valence-electron chi connectivity index (χ4n) is 1.65. The first-order valence-corrected chi connectivity index (χ1v) is 5.92. The molecule has 1 unspecified atom stereocenters. The van der Waals surface area contributed by atoms with E-state index in [1.807, 2.05) is 24.3 Å². The summed E-state index contributed by atoms with van der Waals surface area (Å²) in [5.74, 6) is 0.862. The molecule has 0 spiro atoms. The van der Waals surface area contributed by atoms with Gasteiger partial charge in [-0.3, -0.25) is 0 Å². The van der Waals surface area contributed by atoms with Crippen molar-refractivity contribution in [3.8, 4) is 5.75 Å². The SMILES string of the molecule is Clc1ccc(OCCC2COCCN2)cc1. The second-order valence-corrected chi connectivity index (χ2v) is 4.25. The topological polar surface area (TPSA) is 30.5 Å². The summed E-state index contributed by atoms with van der Waals surface area (Å²) < 4.78 is 11.0. The van der Waals surface area contributed by atoms with Crippen LogP contribution in [0.2, 0.25) is 5.02 Å². The van der Waals surface area contributed by atoms with Gasteiger partial charge in [0.1, 0.15) is 5.75 Å². The van der Waals surface area contributed by atoms with E-state index < -0.39 is 0 Å². The fraction of sp³-hybridized carbons (Fsp3) is 0.500. The summed E-state index contributed by atoms with van der Waals surface area (Å²) in [7, 11) is 0. The molecule has 1 heterocycles. The summed E-state index contributed by atoms with van der Waals surface area (Å²) in [5, 5.41) is 4.12. The summed E-state index contributed by atoms with van der Waals surface area (Å²) in [6.07, 6.45) is 0.961. The van der Waals surface area contributed by atoms with Gasteiger partial charge in [0.25, 0.3) is 0 Å². The van der Waals surface area contributed by atoms with Crippen LogP contribution in [0.5, 0.6) is 5.75 Å². The molecule has 0 radical (unpaired) electrons. The Morgan fingerprint density at radius 2 is 2.19 bits per heavy atom. The van der Waals surface area contributed by atoms with Gasteiger partial charge in [0.05, 0.1) is 19.8 Å². The van der Waals surface area contributed by atoms with Crippen molar-refractivity contribution in [1.29, 1.82) is 0 Å². The molecule has 1 saturated heterocycles. The summed E-state index contributed by atoms with van der Waals surface area (Å²) in [5.41, 5.74) is 0. The maximum absolute atomic E-state index is 5.79. The van der Waals surface area contributed by atoms with E-state index in [0.29, 0.717) is 12.6 Å². The summed E-state index contributed by atoms with van der Waals surface area (Å²) >= 11 is 5.79. The minimum absolute atomic E-state index is 0.418. The van der Waals surface area contributed by atoms with Crippen LogP contribution in [0, 0.1) is 0 Å². The van der Waals surface area contributed by atoms with Crippen molar-refractivity contribution in [2.45, 2.75) is 12.5 Å². The van der Waals surface area contributed by atoms with Gasteiger partial charge in [0.2, 0.25) is 0 Å². The Balaban J connectivity index is 1.69. The second kappa shape index (κ2) is 6.09. The molecule has 1 atom stereocenters. The van der Waals surface area contributed by atoms with Gasteiger partial charge >= 0.3 is 0 Å². The van der Waals surface area contributed by atoms with Crippen LogP contribution in [0.4, 0.5) is 0 Å². The third-order valence-electron chi connectivity index (χ3n) is 2.55. The van der Waals surface area contributed by atoms with Gasteiger partial charge in [-0.1, -0.05) is 11.6 Å². The number of ether oxygens (including phenoxy) is 2. The predicted octanol–water partition coefficient (Wildman–Crippen LogP) is 2.10. The number of nitrogens with one attached hydrogen (secondary N) is 1. The number of halogens is 1. The largest absolute Gasteiger partial charge is 0.494 e. The molecule has 1 fully saturated rings. The maximum Gasteiger partial charge on any atom is 0.119 e. The summed E-state index contributed by atoms with van der Waals surface area (Å²) in [6, 6.07) is 7.85. The van der Waals surface area contributed by atoms with Crippen molar-refractivity contribution in [2.24, 2.45) is 0 Å². The molecule has 0 aliphatic carbocycles. The zero-order chi connectivity index (χ0) is 11.2. The van der Waals surface area contributed by atoms with Crippen molar-refractivity contribution < 1.29 is 9.47 Å². The molecule has 1 aliphatic heterocycles. The molecular weight excluding hydrogens is 226 g/mol. The van der Waals surface area contributed by atoms with E-state index in [4.69, 9.17) is 21.1 Å². The van der Waals surface area contributed by atoms with E-state index in [9.17, 15) is 0 Å². The highest BCUT2D eigenvalue weighted by Gasteiger charge is 2.12. The molecule has 1 N–H and O–H groups in total. The predicted molar refractivity (Wildman–Crippen MR) is 64.2 cm³/mol. The number of rotatable bonds is 4.